The van der Waals surface area contributed by atoms with Gasteiger partial charge in [-0.3, -0.25) is 0 Å². The van der Waals surface area contributed by atoms with E-state index in [-0.39, 0.29) is 0 Å². The maximum absolute atomic E-state index is 5.40. The number of nitrogens with one attached hydrogen (secondary N) is 1. The largest absolute Gasteiger partial charge is 0.374 e. The van der Waals surface area contributed by atoms with E-state index in [0.29, 0.717) is 6.61 Å². The van der Waals surface area contributed by atoms with Crippen molar-refractivity contribution < 1.29 is 4.74 Å². The number of H-pyrrole nitrogens is 1. The number of pyridine rings is 1. The van der Waals surface area contributed by atoms with Crippen molar-refractivity contribution >= 4 is 27.1 Å². The Morgan fingerprint density at radius 3 is 3.20 bits per heavy atom. The van der Waals surface area contributed by atoms with E-state index in [2.05, 4.69) is 37.8 Å². The van der Waals surface area contributed by atoms with Gasteiger partial charge in [0, 0.05) is 17.3 Å². The van der Waals surface area contributed by atoms with Crippen LogP contribution < -0.4 is 0 Å². The predicted molar refractivity (Wildman–Crippen MR) is 61.5 cm³/mol. The van der Waals surface area contributed by atoms with Crippen LogP contribution in [0.4, 0.5) is 0 Å². The first-order valence-corrected chi connectivity index (χ1v) is 5.67. The normalized spacial score (nSPS) is 11.1. The highest BCUT2D eigenvalue weighted by molar-refractivity contribution is 9.10. The number of hydrogen-bond donors (Lipinski definition) is 1. The zero-order valence-corrected chi connectivity index (χ0v) is 10.0. The van der Waals surface area contributed by atoms with Gasteiger partial charge in [0.15, 0.2) is 5.65 Å². The Kier molecular flexibility index (Phi) is 3.33. The van der Waals surface area contributed by atoms with Gasteiger partial charge in [-0.25, -0.2) is 9.97 Å². The molecule has 0 unspecified atom stereocenters. The molecule has 1 N–H and O–H groups in total. The van der Waals surface area contributed by atoms with E-state index in [4.69, 9.17) is 4.74 Å². The second kappa shape index (κ2) is 4.72. The van der Waals surface area contributed by atoms with Gasteiger partial charge in [0.05, 0.1) is 5.52 Å². The summed E-state index contributed by atoms with van der Waals surface area (Å²) in [6.07, 6.45) is 2.75. The Balaban J connectivity index is 2.16. The SMILES string of the molecule is CCCOCc1nc2ncc(Br)cc2[nH]1. The fourth-order valence-electron chi connectivity index (χ4n) is 1.31. The molecule has 5 heteroatoms. The number of aromatic amines is 1. The van der Waals surface area contributed by atoms with Crippen molar-refractivity contribution in [1.82, 2.24) is 15.0 Å². The third kappa shape index (κ3) is 2.54. The van der Waals surface area contributed by atoms with Crippen LogP contribution in [0.2, 0.25) is 0 Å². The molecule has 0 aliphatic heterocycles. The molecule has 0 saturated carbocycles. The summed E-state index contributed by atoms with van der Waals surface area (Å²) >= 11 is 3.36. The molecule has 0 radical (unpaired) electrons. The minimum absolute atomic E-state index is 0.516. The number of aromatic nitrogens is 3. The third-order valence-electron chi connectivity index (χ3n) is 1.94. The van der Waals surface area contributed by atoms with Crippen LogP contribution in [-0.2, 0) is 11.3 Å². The molecule has 0 fully saturated rings. The zero-order valence-electron chi connectivity index (χ0n) is 8.46. The molecule has 0 amide bonds. The third-order valence-corrected chi connectivity index (χ3v) is 2.37. The second-order valence-corrected chi connectivity index (χ2v) is 4.18. The van der Waals surface area contributed by atoms with Crippen molar-refractivity contribution in [2.75, 3.05) is 6.61 Å². The van der Waals surface area contributed by atoms with Gasteiger partial charge in [-0.1, -0.05) is 6.92 Å². The van der Waals surface area contributed by atoms with Crippen LogP contribution in [0.1, 0.15) is 19.2 Å². The van der Waals surface area contributed by atoms with E-state index >= 15 is 0 Å². The van der Waals surface area contributed by atoms with Crippen LogP contribution in [0.15, 0.2) is 16.7 Å². The molecule has 2 rings (SSSR count). The summed E-state index contributed by atoms with van der Waals surface area (Å²) in [7, 11) is 0. The molecule has 0 atom stereocenters. The number of nitrogens with zero attached hydrogens (tertiary/aromatic N) is 2. The average molecular weight is 270 g/mol. The van der Waals surface area contributed by atoms with Crippen molar-refractivity contribution in [3.05, 3.63) is 22.6 Å². The fraction of sp³-hybridized carbons (Fsp3) is 0.400. The average Bonchev–Trinajstić information content (AvgIpc) is 2.60. The van der Waals surface area contributed by atoms with Gasteiger partial charge < -0.3 is 9.72 Å². The smallest absolute Gasteiger partial charge is 0.177 e. The molecule has 2 aromatic rings. The number of ether oxygens (including phenoxy) is 1. The van der Waals surface area contributed by atoms with E-state index in [1.807, 2.05) is 6.07 Å². The summed E-state index contributed by atoms with van der Waals surface area (Å²) in [5.74, 6) is 0.823. The van der Waals surface area contributed by atoms with Crippen molar-refractivity contribution in [3.63, 3.8) is 0 Å². The lowest BCUT2D eigenvalue weighted by Crippen LogP contribution is -1.95. The molecule has 2 aromatic heterocycles. The molecule has 80 valence electrons. The molecule has 0 bridgehead atoms. The summed E-state index contributed by atoms with van der Waals surface area (Å²) < 4.78 is 6.34. The van der Waals surface area contributed by atoms with Gasteiger partial charge in [-0.05, 0) is 28.4 Å². The van der Waals surface area contributed by atoms with Gasteiger partial charge in [-0.2, -0.15) is 0 Å². The highest BCUT2D eigenvalue weighted by Crippen LogP contribution is 2.15. The zero-order chi connectivity index (χ0) is 10.7. The topological polar surface area (TPSA) is 50.8 Å². The first kappa shape index (κ1) is 10.6. The first-order chi connectivity index (χ1) is 7.29. The fourth-order valence-corrected chi connectivity index (χ4v) is 1.64. The lowest BCUT2D eigenvalue weighted by atomic mass is 10.4. The van der Waals surface area contributed by atoms with Crippen molar-refractivity contribution in [2.24, 2.45) is 0 Å². The highest BCUT2D eigenvalue weighted by atomic mass is 79.9. The molecule has 0 spiro atoms. The van der Waals surface area contributed by atoms with Crippen molar-refractivity contribution in [2.45, 2.75) is 20.0 Å². The number of imidazole rings is 1. The van der Waals surface area contributed by atoms with Crippen molar-refractivity contribution in [1.29, 1.82) is 0 Å². The Hall–Kier alpha value is -0.940. The summed E-state index contributed by atoms with van der Waals surface area (Å²) in [5, 5.41) is 0. The Bertz CT molecular complexity index is 455. The van der Waals surface area contributed by atoms with Gasteiger partial charge in [0.2, 0.25) is 0 Å². The molecule has 4 nitrogen and oxygen atoms in total. The monoisotopic (exact) mass is 269 g/mol. The number of halogens is 1. The van der Waals surface area contributed by atoms with Gasteiger partial charge in [0.1, 0.15) is 12.4 Å². The van der Waals surface area contributed by atoms with E-state index in [9.17, 15) is 0 Å². The molecule has 0 saturated heterocycles. The molecule has 0 aliphatic carbocycles. The summed E-state index contributed by atoms with van der Waals surface area (Å²) in [4.78, 5) is 11.7. The van der Waals surface area contributed by atoms with E-state index in [1.54, 1.807) is 6.20 Å². The van der Waals surface area contributed by atoms with Crippen LogP contribution in [0.3, 0.4) is 0 Å². The number of hydrogen-bond acceptors (Lipinski definition) is 3. The first-order valence-electron chi connectivity index (χ1n) is 4.87. The van der Waals surface area contributed by atoms with Crippen LogP contribution in [0, 0.1) is 0 Å². The summed E-state index contributed by atoms with van der Waals surface area (Å²) in [5.41, 5.74) is 1.66. The lowest BCUT2D eigenvalue weighted by Gasteiger charge is -1.97. The Labute approximate surface area is 96.2 Å². The Morgan fingerprint density at radius 2 is 2.40 bits per heavy atom. The standard InChI is InChI=1S/C10H12BrN3O/c1-2-3-15-6-9-13-8-4-7(11)5-12-10(8)14-9/h4-5H,2-3,6H2,1H3,(H,12,13,14). The Morgan fingerprint density at radius 1 is 1.53 bits per heavy atom. The molecule has 0 aliphatic rings. The van der Waals surface area contributed by atoms with Gasteiger partial charge >= 0.3 is 0 Å². The van der Waals surface area contributed by atoms with E-state index in [1.165, 1.54) is 0 Å². The predicted octanol–water partition coefficient (Wildman–Crippen LogP) is 2.65. The molecule has 15 heavy (non-hydrogen) atoms. The van der Waals surface area contributed by atoms with Crippen LogP contribution in [0.25, 0.3) is 11.2 Å². The molecule has 2 heterocycles. The van der Waals surface area contributed by atoms with Crippen LogP contribution >= 0.6 is 15.9 Å². The van der Waals surface area contributed by atoms with Gasteiger partial charge in [0.25, 0.3) is 0 Å². The maximum atomic E-state index is 5.40. The highest BCUT2D eigenvalue weighted by Gasteiger charge is 2.03. The molecular formula is C10H12BrN3O. The number of fused-ring (bicyclic) bond motifs is 1. The van der Waals surface area contributed by atoms with Crippen molar-refractivity contribution in [3.8, 4) is 0 Å². The van der Waals surface area contributed by atoms with E-state index < -0.39 is 0 Å². The minimum atomic E-state index is 0.516. The van der Waals surface area contributed by atoms with E-state index in [0.717, 1.165) is 34.5 Å². The molecular weight excluding hydrogens is 258 g/mol. The minimum Gasteiger partial charge on any atom is -0.374 e. The quantitative estimate of drug-likeness (QED) is 0.869. The van der Waals surface area contributed by atoms with Gasteiger partial charge in [-0.15, -0.1) is 0 Å². The maximum Gasteiger partial charge on any atom is 0.177 e. The molecule has 0 aromatic carbocycles. The van der Waals surface area contributed by atoms with Crippen LogP contribution in [-0.4, -0.2) is 21.6 Å². The summed E-state index contributed by atoms with van der Waals surface area (Å²) in [6.45, 7) is 3.35. The second-order valence-electron chi connectivity index (χ2n) is 3.26. The summed E-state index contributed by atoms with van der Waals surface area (Å²) in [6, 6.07) is 1.96. The number of rotatable bonds is 4. The van der Waals surface area contributed by atoms with Crippen LogP contribution in [0.5, 0.6) is 0 Å². The lowest BCUT2D eigenvalue weighted by molar-refractivity contribution is 0.117.